The van der Waals surface area contributed by atoms with E-state index in [-0.39, 0.29) is 36.7 Å². The molecular weight excluding hydrogens is 421 g/mol. The fraction of sp³-hybridized carbons (Fsp3) is 0.435. The molecule has 1 atom stereocenters. The van der Waals surface area contributed by atoms with Gasteiger partial charge in [0.2, 0.25) is 5.43 Å². The van der Waals surface area contributed by atoms with Crippen LogP contribution in [0.2, 0.25) is 0 Å². The van der Waals surface area contributed by atoms with Gasteiger partial charge in [-0.2, -0.15) is 13.5 Å². The minimum atomic E-state index is -0.912. The van der Waals surface area contributed by atoms with Gasteiger partial charge >= 0.3 is 0 Å². The lowest BCUT2D eigenvalue weighted by Gasteiger charge is -2.34. The number of aliphatic hydroxyl groups excluding tert-OH is 1. The zero-order valence-electron chi connectivity index (χ0n) is 18.3. The molecule has 0 bridgehead atoms. The fourth-order valence-electron chi connectivity index (χ4n) is 3.86. The largest absolute Gasteiger partial charge is 0.508 e. The Morgan fingerprint density at radius 1 is 1.29 bits per heavy atom. The predicted molar refractivity (Wildman–Crippen MR) is 124 cm³/mol. The van der Waals surface area contributed by atoms with Gasteiger partial charge in [0, 0.05) is 37.9 Å². The molecule has 31 heavy (non-hydrogen) atoms. The lowest BCUT2D eigenvalue weighted by molar-refractivity contribution is 0.170. The van der Waals surface area contributed by atoms with Crippen molar-refractivity contribution in [1.82, 2.24) is 4.57 Å². The number of hydrogen-bond acceptors (Lipinski definition) is 5. The number of halogens is 1. The number of fused-ring (bicyclic) bond motifs is 3. The monoisotopic (exact) mass is 451 g/mol. The van der Waals surface area contributed by atoms with Crippen molar-refractivity contribution in [3.63, 3.8) is 0 Å². The smallest absolute Gasteiger partial charge is 0.228 e. The minimum Gasteiger partial charge on any atom is -0.508 e. The standard InChI is InChI=1S/C23H28FNO5.H2S/c1-13(2)18-9-15-10-20(30-8-6-7-28-4)19(29-5)11-16(15)22-21(24)23(27)17(14(3)26)12-25(18)22;/h10-13,18,26H,3,6-9H2,1-2,4-5H3;1H2/t18-;/m0./s1. The van der Waals surface area contributed by atoms with Crippen LogP contribution in [0.5, 0.6) is 11.5 Å². The van der Waals surface area contributed by atoms with Gasteiger partial charge in [-0.1, -0.05) is 20.4 Å². The molecule has 0 unspecified atom stereocenters. The van der Waals surface area contributed by atoms with Crippen LogP contribution >= 0.6 is 13.5 Å². The molecule has 1 aliphatic heterocycles. The molecule has 0 radical (unpaired) electrons. The quantitative estimate of drug-likeness (QED) is 0.474. The molecule has 2 aromatic rings. The summed E-state index contributed by atoms with van der Waals surface area (Å²) in [4.78, 5) is 12.5. The third-order valence-corrected chi connectivity index (χ3v) is 5.44. The van der Waals surface area contributed by atoms with Crippen LogP contribution in [0.3, 0.4) is 0 Å². The molecule has 1 aromatic heterocycles. The third-order valence-electron chi connectivity index (χ3n) is 5.44. The highest BCUT2D eigenvalue weighted by Crippen LogP contribution is 2.43. The van der Waals surface area contributed by atoms with E-state index in [0.717, 1.165) is 12.0 Å². The van der Waals surface area contributed by atoms with Gasteiger partial charge < -0.3 is 23.9 Å². The molecule has 1 aromatic carbocycles. The summed E-state index contributed by atoms with van der Waals surface area (Å²) in [6.45, 7) is 8.52. The summed E-state index contributed by atoms with van der Waals surface area (Å²) in [5.41, 5.74) is 0.648. The van der Waals surface area contributed by atoms with E-state index < -0.39 is 17.0 Å². The summed E-state index contributed by atoms with van der Waals surface area (Å²) in [5.74, 6) is -0.161. The van der Waals surface area contributed by atoms with Crippen molar-refractivity contribution in [2.24, 2.45) is 5.92 Å². The molecule has 1 N–H and O–H groups in total. The molecule has 3 rings (SSSR count). The van der Waals surface area contributed by atoms with Gasteiger partial charge in [-0.3, -0.25) is 4.79 Å². The molecule has 1 aliphatic rings. The summed E-state index contributed by atoms with van der Waals surface area (Å²) in [6, 6.07) is 3.47. The number of nitrogens with zero attached hydrogens (tertiary/aromatic N) is 1. The summed E-state index contributed by atoms with van der Waals surface area (Å²) in [7, 11) is 3.16. The van der Waals surface area contributed by atoms with E-state index in [2.05, 4.69) is 6.58 Å². The Kier molecular flexibility index (Phi) is 8.20. The second-order valence-corrected chi connectivity index (χ2v) is 7.76. The SMILES string of the molecule is C=C(O)c1cn2c(c(F)c1=O)-c1cc(OC)c(OCCCOC)cc1C[C@H]2C(C)C.S. The number of benzene rings is 1. The molecule has 6 nitrogen and oxygen atoms in total. The average Bonchev–Trinajstić information content (AvgIpc) is 2.71. The van der Waals surface area contributed by atoms with Crippen LogP contribution < -0.4 is 14.9 Å². The first-order valence-electron chi connectivity index (χ1n) is 9.96. The molecular formula is C23H30FNO5S. The molecule has 2 heterocycles. The van der Waals surface area contributed by atoms with E-state index >= 15 is 4.39 Å². The molecule has 0 amide bonds. The number of hydrogen-bond donors (Lipinski definition) is 1. The Bertz CT molecular complexity index is 1020. The second-order valence-electron chi connectivity index (χ2n) is 7.76. The van der Waals surface area contributed by atoms with Gasteiger partial charge in [-0.15, -0.1) is 0 Å². The Balaban J connectivity index is 0.00000341. The lowest BCUT2D eigenvalue weighted by Crippen LogP contribution is -2.29. The maximum absolute atomic E-state index is 15.3. The van der Waals surface area contributed by atoms with E-state index in [1.54, 1.807) is 17.7 Å². The topological polar surface area (TPSA) is 69.9 Å². The summed E-state index contributed by atoms with van der Waals surface area (Å²) in [6.07, 6.45) is 2.85. The van der Waals surface area contributed by atoms with Crippen LogP contribution in [0.4, 0.5) is 4.39 Å². The van der Waals surface area contributed by atoms with Crippen molar-refractivity contribution >= 4 is 19.3 Å². The van der Waals surface area contributed by atoms with Crippen LogP contribution in [0.1, 0.15) is 37.4 Å². The second kappa shape index (κ2) is 10.2. The number of methoxy groups -OCH3 is 2. The maximum Gasteiger partial charge on any atom is 0.228 e. The first kappa shape index (κ1) is 24.8. The Hall–Kier alpha value is -2.45. The zero-order chi connectivity index (χ0) is 22.0. The van der Waals surface area contributed by atoms with Gasteiger partial charge in [0.15, 0.2) is 17.3 Å². The van der Waals surface area contributed by atoms with Crippen molar-refractivity contribution in [2.75, 3.05) is 27.4 Å². The third kappa shape index (κ3) is 4.75. The molecule has 0 saturated heterocycles. The Morgan fingerprint density at radius 3 is 2.58 bits per heavy atom. The van der Waals surface area contributed by atoms with Gasteiger partial charge in [0.05, 0.1) is 25.0 Å². The van der Waals surface area contributed by atoms with Gasteiger partial charge in [-0.05, 0) is 30.0 Å². The van der Waals surface area contributed by atoms with Crippen LogP contribution in [0.25, 0.3) is 17.0 Å². The molecule has 0 saturated carbocycles. The van der Waals surface area contributed by atoms with E-state index in [0.29, 0.717) is 36.7 Å². The van der Waals surface area contributed by atoms with Gasteiger partial charge in [0.1, 0.15) is 5.76 Å². The van der Waals surface area contributed by atoms with E-state index in [4.69, 9.17) is 14.2 Å². The summed E-state index contributed by atoms with van der Waals surface area (Å²) >= 11 is 0. The Morgan fingerprint density at radius 2 is 2.00 bits per heavy atom. The Labute approximate surface area is 188 Å². The zero-order valence-corrected chi connectivity index (χ0v) is 19.3. The first-order chi connectivity index (χ1) is 14.3. The van der Waals surface area contributed by atoms with Crippen LogP contribution in [-0.2, 0) is 11.2 Å². The van der Waals surface area contributed by atoms with Crippen LogP contribution in [-0.4, -0.2) is 37.1 Å². The van der Waals surface area contributed by atoms with E-state index in [1.807, 2.05) is 19.9 Å². The number of pyridine rings is 1. The van der Waals surface area contributed by atoms with Gasteiger partial charge in [0.25, 0.3) is 0 Å². The number of rotatable bonds is 8. The van der Waals surface area contributed by atoms with Crippen LogP contribution in [0.15, 0.2) is 29.7 Å². The van der Waals surface area contributed by atoms with Crippen molar-refractivity contribution < 1.29 is 23.7 Å². The predicted octanol–water partition coefficient (Wildman–Crippen LogP) is 4.47. The first-order valence-corrected chi connectivity index (χ1v) is 9.96. The van der Waals surface area contributed by atoms with Gasteiger partial charge in [-0.25, -0.2) is 4.39 Å². The fourth-order valence-corrected chi connectivity index (χ4v) is 3.86. The normalized spacial score (nSPS) is 14.5. The van der Waals surface area contributed by atoms with Crippen molar-refractivity contribution in [1.29, 1.82) is 0 Å². The van der Waals surface area contributed by atoms with Crippen molar-refractivity contribution in [2.45, 2.75) is 32.7 Å². The highest BCUT2D eigenvalue weighted by atomic mass is 32.1. The molecule has 0 aliphatic carbocycles. The number of aromatic nitrogens is 1. The number of ether oxygens (including phenoxy) is 3. The highest BCUT2D eigenvalue weighted by Gasteiger charge is 2.32. The van der Waals surface area contributed by atoms with E-state index in [1.165, 1.54) is 13.3 Å². The van der Waals surface area contributed by atoms with Crippen LogP contribution in [0, 0.1) is 11.7 Å². The maximum atomic E-state index is 15.3. The van der Waals surface area contributed by atoms with Crippen molar-refractivity contribution in [3.8, 4) is 22.8 Å². The lowest BCUT2D eigenvalue weighted by atomic mass is 9.86. The molecule has 170 valence electrons. The average molecular weight is 452 g/mol. The summed E-state index contributed by atoms with van der Waals surface area (Å²) < 4.78 is 33.4. The molecule has 0 fully saturated rings. The molecule has 8 heteroatoms. The van der Waals surface area contributed by atoms with E-state index in [9.17, 15) is 9.90 Å². The summed E-state index contributed by atoms with van der Waals surface area (Å²) in [5, 5.41) is 9.77. The minimum absolute atomic E-state index is 0. The number of aliphatic hydroxyl groups is 1. The van der Waals surface area contributed by atoms with Crippen molar-refractivity contribution in [3.05, 3.63) is 52.1 Å². The molecule has 0 spiro atoms. The highest BCUT2D eigenvalue weighted by molar-refractivity contribution is 7.59.